The number of morpholine rings is 1. The summed E-state index contributed by atoms with van der Waals surface area (Å²) in [6, 6.07) is 0. The van der Waals surface area contributed by atoms with Gasteiger partial charge in [0.15, 0.2) is 0 Å². The first-order valence-corrected chi connectivity index (χ1v) is 5.24. The molecule has 0 aromatic heterocycles. The molecule has 0 aromatic carbocycles. The van der Waals surface area contributed by atoms with Crippen molar-refractivity contribution in [1.29, 1.82) is 0 Å². The standard InChI is InChI=1S/C6H13NO.C4H8O2/c1-2-6-5-7-3-4-8-6;1-2-3-4(5)6/h6-7H,2-5H2,1H3;2-3H2,1H3,(H,5,6). The summed E-state index contributed by atoms with van der Waals surface area (Å²) in [4.78, 5) is 9.60. The fourth-order valence-electron chi connectivity index (χ4n) is 1.10. The molecule has 0 saturated carbocycles. The third-order valence-electron chi connectivity index (χ3n) is 1.92. The Balaban J connectivity index is 0.000000255. The maximum atomic E-state index is 9.60. The second-order valence-corrected chi connectivity index (χ2v) is 3.25. The van der Waals surface area contributed by atoms with E-state index in [1.807, 2.05) is 6.92 Å². The number of carboxylic acids is 1. The normalized spacial score (nSPS) is 20.9. The van der Waals surface area contributed by atoms with Gasteiger partial charge in [0.25, 0.3) is 0 Å². The van der Waals surface area contributed by atoms with Crippen molar-refractivity contribution >= 4 is 5.97 Å². The summed E-state index contributed by atoms with van der Waals surface area (Å²) in [5.74, 6) is -0.711. The molecule has 4 nitrogen and oxygen atoms in total. The summed E-state index contributed by atoms with van der Waals surface area (Å²) >= 11 is 0. The quantitative estimate of drug-likeness (QED) is 0.725. The maximum Gasteiger partial charge on any atom is 0.303 e. The summed E-state index contributed by atoms with van der Waals surface area (Å²) < 4.78 is 5.36. The van der Waals surface area contributed by atoms with E-state index in [0.29, 0.717) is 12.5 Å². The van der Waals surface area contributed by atoms with Gasteiger partial charge in [-0.3, -0.25) is 4.79 Å². The zero-order chi connectivity index (χ0) is 10.8. The smallest absolute Gasteiger partial charge is 0.303 e. The van der Waals surface area contributed by atoms with Gasteiger partial charge in [0.05, 0.1) is 12.7 Å². The molecule has 0 radical (unpaired) electrons. The summed E-state index contributed by atoms with van der Waals surface area (Å²) in [6.45, 7) is 6.94. The Labute approximate surface area is 85.6 Å². The Hall–Kier alpha value is -0.610. The van der Waals surface area contributed by atoms with E-state index in [4.69, 9.17) is 9.84 Å². The summed E-state index contributed by atoms with van der Waals surface area (Å²) in [5.41, 5.74) is 0. The highest BCUT2D eigenvalue weighted by atomic mass is 16.5. The van der Waals surface area contributed by atoms with Crippen molar-refractivity contribution in [1.82, 2.24) is 5.32 Å². The lowest BCUT2D eigenvalue weighted by atomic mass is 10.2. The number of hydrogen-bond acceptors (Lipinski definition) is 3. The highest BCUT2D eigenvalue weighted by Gasteiger charge is 2.08. The number of rotatable bonds is 3. The van der Waals surface area contributed by atoms with Gasteiger partial charge < -0.3 is 15.2 Å². The first-order valence-electron chi connectivity index (χ1n) is 5.24. The van der Waals surface area contributed by atoms with Gasteiger partial charge in [0.2, 0.25) is 0 Å². The highest BCUT2D eigenvalue weighted by Crippen LogP contribution is 1.98. The fourth-order valence-corrected chi connectivity index (χ4v) is 1.10. The van der Waals surface area contributed by atoms with Gasteiger partial charge >= 0.3 is 5.97 Å². The van der Waals surface area contributed by atoms with Gasteiger partial charge in [-0.1, -0.05) is 13.8 Å². The highest BCUT2D eigenvalue weighted by molar-refractivity contribution is 5.66. The van der Waals surface area contributed by atoms with Crippen LogP contribution in [0.25, 0.3) is 0 Å². The van der Waals surface area contributed by atoms with Gasteiger partial charge in [-0.25, -0.2) is 0 Å². The predicted molar refractivity (Wildman–Crippen MR) is 55.4 cm³/mol. The molecule has 0 spiro atoms. The monoisotopic (exact) mass is 203 g/mol. The van der Waals surface area contributed by atoms with Crippen LogP contribution in [0.2, 0.25) is 0 Å². The molecule has 0 aromatic rings. The van der Waals surface area contributed by atoms with Crippen LogP contribution in [-0.4, -0.2) is 36.9 Å². The Bertz CT molecular complexity index is 144. The number of ether oxygens (including phenoxy) is 1. The maximum absolute atomic E-state index is 9.60. The first-order chi connectivity index (χ1) is 6.70. The van der Waals surface area contributed by atoms with Crippen molar-refractivity contribution in [2.45, 2.75) is 39.2 Å². The Morgan fingerprint density at radius 2 is 2.29 bits per heavy atom. The van der Waals surface area contributed by atoms with Crippen molar-refractivity contribution in [3.8, 4) is 0 Å². The topological polar surface area (TPSA) is 58.6 Å². The van der Waals surface area contributed by atoms with Gasteiger partial charge in [-0.15, -0.1) is 0 Å². The third-order valence-corrected chi connectivity index (χ3v) is 1.92. The minimum Gasteiger partial charge on any atom is -0.481 e. The van der Waals surface area contributed by atoms with E-state index in [1.165, 1.54) is 0 Å². The van der Waals surface area contributed by atoms with Crippen LogP contribution in [0, 0.1) is 0 Å². The lowest BCUT2D eigenvalue weighted by molar-refractivity contribution is -0.137. The molecule has 1 rings (SSSR count). The first kappa shape index (κ1) is 13.4. The van der Waals surface area contributed by atoms with Gasteiger partial charge in [0, 0.05) is 19.5 Å². The van der Waals surface area contributed by atoms with Crippen LogP contribution in [0.15, 0.2) is 0 Å². The Kier molecular flexibility index (Phi) is 8.57. The molecule has 84 valence electrons. The zero-order valence-electron chi connectivity index (χ0n) is 9.08. The molecule has 1 aliphatic heterocycles. The van der Waals surface area contributed by atoms with Crippen LogP contribution in [-0.2, 0) is 9.53 Å². The van der Waals surface area contributed by atoms with Crippen LogP contribution >= 0.6 is 0 Å². The van der Waals surface area contributed by atoms with Gasteiger partial charge in [0.1, 0.15) is 0 Å². The molecule has 1 aliphatic rings. The minimum absolute atomic E-state index is 0.292. The van der Waals surface area contributed by atoms with E-state index in [9.17, 15) is 4.79 Å². The van der Waals surface area contributed by atoms with Gasteiger partial charge in [-0.2, -0.15) is 0 Å². The van der Waals surface area contributed by atoms with Crippen LogP contribution in [0.4, 0.5) is 0 Å². The lowest BCUT2D eigenvalue weighted by Crippen LogP contribution is -2.37. The molecule has 1 fully saturated rings. The summed E-state index contributed by atoms with van der Waals surface area (Å²) in [5, 5.41) is 11.2. The van der Waals surface area contributed by atoms with E-state index in [0.717, 1.165) is 32.5 Å². The SMILES string of the molecule is CCC1CNCCO1.CCCC(=O)O. The van der Waals surface area contributed by atoms with Crippen molar-refractivity contribution in [2.24, 2.45) is 0 Å². The molecular weight excluding hydrogens is 182 g/mol. The van der Waals surface area contributed by atoms with Crippen LogP contribution in [0.3, 0.4) is 0 Å². The molecule has 14 heavy (non-hydrogen) atoms. The largest absolute Gasteiger partial charge is 0.481 e. The molecule has 1 unspecified atom stereocenters. The van der Waals surface area contributed by atoms with Crippen LogP contribution in [0.5, 0.6) is 0 Å². The minimum atomic E-state index is -0.711. The molecule has 0 amide bonds. The summed E-state index contributed by atoms with van der Waals surface area (Å²) in [7, 11) is 0. The fraction of sp³-hybridized carbons (Fsp3) is 0.900. The van der Waals surface area contributed by atoms with Crippen molar-refractivity contribution in [3.05, 3.63) is 0 Å². The summed E-state index contributed by atoms with van der Waals surface area (Å²) in [6.07, 6.45) is 2.63. The zero-order valence-corrected chi connectivity index (χ0v) is 9.08. The molecule has 1 atom stereocenters. The molecule has 0 aliphatic carbocycles. The molecular formula is C10H21NO3. The average Bonchev–Trinajstić information content (AvgIpc) is 2.20. The second-order valence-electron chi connectivity index (χ2n) is 3.25. The molecule has 1 saturated heterocycles. The van der Waals surface area contributed by atoms with Crippen molar-refractivity contribution in [2.75, 3.05) is 19.7 Å². The molecule has 1 heterocycles. The van der Waals surface area contributed by atoms with Crippen molar-refractivity contribution in [3.63, 3.8) is 0 Å². The third kappa shape index (κ3) is 8.01. The number of aliphatic carboxylic acids is 1. The van der Waals surface area contributed by atoms with Crippen LogP contribution < -0.4 is 5.32 Å². The van der Waals surface area contributed by atoms with E-state index in [-0.39, 0.29) is 0 Å². The van der Waals surface area contributed by atoms with E-state index in [1.54, 1.807) is 0 Å². The van der Waals surface area contributed by atoms with Crippen LogP contribution in [0.1, 0.15) is 33.1 Å². The molecule has 0 bridgehead atoms. The van der Waals surface area contributed by atoms with E-state index in [2.05, 4.69) is 12.2 Å². The average molecular weight is 203 g/mol. The molecule has 2 N–H and O–H groups in total. The number of carboxylic acid groups (broad SMARTS) is 1. The Morgan fingerprint density at radius 3 is 2.50 bits per heavy atom. The number of nitrogens with one attached hydrogen (secondary N) is 1. The second kappa shape index (κ2) is 8.97. The molecule has 4 heteroatoms. The predicted octanol–water partition coefficient (Wildman–Crippen LogP) is 1.26. The number of hydrogen-bond donors (Lipinski definition) is 2. The van der Waals surface area contributed by atoms with E-state index < -0.39 is 5.97 Å². The lowest BCUT2D eigenvalue weighted by Gasteiger charge is -2.21. The van der Waals surface area contributed by atoms with Crippen molar-refractivity contribution < 1.29 is 14.6 Å². The Morgan fingerprint density at radius 1 is 1.57 bits per heavy atom. The number of carbonyl (C=O) groups is 1. The van der Waals surface area contributed by atoms with E-state index >= 15 is 0 Å². The van der Waals surface area contributed by atoms with Gasteiger partial charge in [-0.05, 0) is 12.8 Å².